The molecule has 0 saturated carbocycles. The maximum atomic E-state index is 11.4. The van der Waals surface area contributed by atoms with Crippen LogP contribution in [0.2, 0.25) is 0 Å². The average molecular weight is 230 g/mol. The molecule has 4 heteroatoms. The van der Waals surface area contributed by atoms with Crippen molar-refractivity contribution >= 4 is 5.91 Å². The highest BCUT2D eigenvalue weighted by molar-refractivity contribution is 5.84. The third-order valence-electron chi connectivity index (χ3n) is 2.36. The summed E-state index contributed by atoms with van der Waals surface area (Å²) < 4.78 is 5.78. The Labute approximate surface area is 98.9 Å². The number of amides is 1. The predicted molar refractivity (Wildman–Crippen MR) is 66.2 cm³/mol. The Bertz CT molecular complexity index is 236. The lowest BCUT2D eigenvalue weighted by molar-refractivity contribution is -0.127. The number of carbonyl (C=O) groups is 1. The number of primary amides is 1. The first-order valence-corrected chi connectivity index (χ1v) is 5.83. The molecule has 0 heterocycles. The minimum atomic E-state index is -0.695. The van der Waals surface area contributed by atoms with E-state index >= 15 is 0 Å². The van der Waals surface area contributed by atoms with Crippen molar-refractivity contribution < 1.29 is 9.53 Å². The van der Waals surface area contributed by atoms with Gasteiger partial charge in [-0.3, -0.25) is 4.79 Å². The van der Waals surface area contributed by atoms with Gasteiger partial charge in [0.2, 0.25) is 5.91 Å². The maximum absolute atomic E-state index is 11.4. The van der Waals surface area contributed by atoms with Gasteiger partial charge in [0, 0.05) is 6.42 Å². The molecule has 0 bridgehead atoms. The van der Waals surface area contributed by atoms with Gasteiger partial charge in [-0.05, 0) is 41.2 Å². The van der Waals surface area contributed by atoms with Gasteiger partial charge in [-0.2, -0.15) is 0 Å². The van der Waals surface area contributed by atoms with Gasteiger partial charge in [-0.15, -0.1) is 0 Å². The van der Waals surface area contributed by atoms with E-state index in [-0.39, 0.29) is 17.6 Å². The number of hydrogen-bond acceptors (Lipinski definition) is 3. The van der Waals surface area contributed by atoms with Crippen molar-refractivity contribution in [3.05, 3.63) is 0 Å². The molecular weight excluding hydrogens is 204 g/mol. The van der Waals surface area contributed by atoms with E-state index in [9.17, 15) is 4.79 Å². The Kier molecular flexibility index (Phi) is 5.42. The molecule has 0 saturated heterocycles. The molecule has 0 fully saturated rings. The summed E-state index contributed by atoms with van der Waals surface area (Å²) in [5, 5.41) is 3.12. The molecule has 2 atom stereocenters. The van der Waals surface area contributed by atoms with Crippen molar-refractivity contribution in [1.82, 2.24) is 5.32 Å². The maximum Gasteiger partial charge on any atom is 0.237 e. The molecule has 96 valence electrons. The first-order chi connectivity index (χ1) is 7.10. The highest BCUT2D eigenvalue weighted by Crippen LogP contribution is 2.19. The van der Waals surface area contributed by atoms with Gasteiger partial charge < -0.3 is 15.8 Å². The highest BCUT2D eigenvalue weighted by atomic mass is 16.5. The number of nitrogens with one attached hydrogen (secondary N) is 1. The summed E-state index contributed by atoms with van der Waals surface area (Å²) in [6, 6.07) is 0. The van der Waals surface area contributed by atoms with Crippen molar-refractivity contribution in [2.75, 3.05) is 6.54 Å². The minimum Gasteiger partial charge on any atom is -0.373 e. The van der Waals surface area contributed by atoms with Crippen molar-refractivity contribution in [1.29, 1.82) is 0 Å². The van der Waals surface area contributed by atoms with Crippen molar-refractivity contribution in [2.45, 2.75) is 65.2 Å². The fourth-order valence-electron chi connectivity index (χ4n) is 1.87. The van der Waals surface area contributed by atoms with Crippen LogP contribution in [-0.2, 0) is 9.53 Å². The molecule has 0 aliphatic rings. The molecule has 0 aromatic rings. The Morgan fingerprint density at radius 3 is 2.19 bits per heavy atom. The monoisotopic (exact) mass is 230 g/mol. The van der Waals surface area contributed by atoms with Gasteiger partial charge in [-0.1, -0.05) is 6.92 Å². The first-order valence-electron chi connectivity index (χ1n) is 5.83. The molecule has 0 aromatic heterocycles. The van der Waals surface area contributed by atoms with Gasteiger partial charge in [-0.25, -0.2) is 0 Å². The molecule has 0 rings (SSSR count). The standard InChI is InChI=1S/C12H26N2O2/c1-7-14-12(6,10(13)15)8-9(2)16-11(3,4)5/h9,14H,7-8H2,1-6H3,(H2,13,15). The molecule has 1 amide bonds. The molecule has 0 radical (unpaired) electrons. The number of likely N-dealkylation sites (N-methyl/N-ethyl adjacent to an activating group) is 1. The van der Waals surface area contributed by atoms with Gasteiger partial charge in [0.15, 0.2) is 0 Å². The molecule has 0 aliphatic carbocycles. The minimum absolute atomic E-state index is 0.0171. The topological polar surface area (TPSA) is 64.3 Å². The molecular formula is C12H26N2O2. The molecule has 3 N–H and O–H groups in total. The number of nitrogens with two attached hydrogens (primary N) is 1. The summed E-state index contributed by atoms with van der Waals surface area (Å²) in [5.41, 5.74) is 4.51. The first kappa shape index (κ1) is 15.4. The molecule has 16 heavy (non-hydrogen) atoms. The lowest BCUT2D eigenvalue weighted by Crippen LogP contribution is -2.55. The van der Waals surface area contributed by atoms with Gasteiger partial charge in [0.1, 0.15) is 0 Å². The summed E-state index contributed by atoms with van der Waals surface area (Å²) in [6.07, 6.45) is 0.560. The summed E-state index contributed by atoms with van der Waals surface area (Å²) in [7, 11) is 0. The van der Waals surface area contributed by atoms with Crippen molar-refractivity contribution in [3.8, 4) is 0 Å². The van der Waals surface area contributed by atoms with E-state index in [1.165, 1.54) is 0 Å². The zero-order valence-corrected chi connectivity index (χ0v) is 11.4. The van der Waals surface area contributed by atoms with Crippen LogP contribution < -0.4 is 11.1 Å². The van der Waals surface area contributed by atoms with Gasteiger partial charge >= 0.3 is 0 Å². The van der Waals surface area contributed by atoms with E-state index in [0.717, 1.165) is 0 Å². The zero-order valence-electron chi connectivity index (χ0n) is 11.4. The van der Waals surface area contributed by atoms with Crippen LogP contribution >= 0.6 is 0 Å². The van der Waals surface area contributed by atoms with Crippen molar-refractivity contribution in [3.63, 3.8) is 0 Å². The summed E-state index contributed by atoms with van der Waals surface area (Å²) in [6.45, 7) is 12.4. The van der Waals surface area contributed by atoms with E-state index < -0.39 is 5.54 Å². The second-order valence-electron chi connectivity index (χ2n) is 5.47. The largest absolute Gasteiger partial charge is 0.373 e. The SMILES string of the molecule is CCNC(C)(CC(C)OC(C)(C)C)C(N)=O. The van der Waals surface area contributed by atoms with Crippen LogP contribution in [0.4, 0.5) is 0 Å². The Morgan fingerprint density at radius 1 is 1.38 bits per heavy atom. The van der Waals surface area contributed by atoms with Gasteiger partial charge in [0.25, 0.3) is 0 Å². The second-order valence-corrected chi connectivity index (χ2v) is 5.47. The Balaban J connectivity index is 4.47. The van der Waals surface area contributed by atoms with E-state index in [4.69, 9.17) is 10.5 Å². The van der Waals surface area contributed by atoms with Crippen LogP contribution in [0.5, 0.6) is 0 Å². The van der Waals surface area contributed by atoms with E-state index in [0.29, 0.717) is 13.0 Å². The van der Waals surface area contributed by atoms with E-state index in [2.05, 4.69) is 5.32 Å². The van der Waals surface area contributed by atoms with Gasteiger partial charge in [0.05, 0.1) is 17.2 Å². The lowest BCUT2D eigenvalue weighted by Gasteiger charge is -2.33. The van der Waals surface area contributed by atoms with Crippen LogP contribution in [0.1, 0.15) is 48.0 Å². The van der Waals surface area contributed by atoms with Crippen LogP contribution in [0.3, 0.4) is 0 Å². The second kappa shape index (κ2) is 5.64. The number of carbonyl (C=O) groups excluding carboxylic acids is 1. The highest BCUT2D eigenvalue weighted by Gasteiger charge is 2.33. The third-order valence-corrected chi connectivity index (χ3v) is 2.36. The van der Waals surface area contributed by atoms with Crippen LogP contribution in [0.25, 0.3) is 0 Å². The third kappa shape index (κ3) is 5.47. The smallest absolute Gasteiger partial charge is 0.237 e. The predicted octanol–water partition coefficient (Wildman–Crippen LogP) is 1.43. The Hall–Kier alpha value is -0.610. The van der Waals surface area contributed by atoms with Crippen LogP contribution in [-0.4, -0.2) is 29.7 Å². The summed E-state index contributed by atoms with van der Waals surface area (Å²) >= 11 is 0. The van der Waals surface area contributed by atoms with E-state index in [1.807, 2.05) is 41.5 Å². The van der Waals surface area contributed by atoms with Crippen LogP contribution in [0.15, 0.2) is 0 Å². The normalized spacial score (nSPS) is 17.9. The lowest BCUT2D eigenvalue weighted by atomic mass is 9.93. The average Bonchev–Trinajstić information content (AvgIpc) is 1.99. The van der Waals surface area contributed by atoms with Crippen molar-refractivity contribution in [2.24, 2.45) is 5.73 Å². The molecule has 0 aromatic carbocycles. The number of hydrogen-bond donors (Lipinski definition) is 2. The molecule has 0 spiro atoms. The van der Waals surface area contributed by atoms with Crippen LogP contribution in [0, 0.1) is 0 Å². The fourth-order valence-corrected chi connectivity index (χ4v) is 1.87. The van der Waals surface area contributed by atoms with E-state index in [1.54, 1.807) is 0 Å². The molecule has 0 aliphatic heterocycles. The fraction of sp³-hybridized carbons (Fsp3) is 0.917. The quantitative estimate of drug-likeness (QED) is 0.725. The molecule has 4 nitrogen and oxygen atoms in total. The summed E-state index contributed by atoms with van der Waals surface area (Å²) in [4.78, 5) is 11.4. The summed E-state index contributed by atoms with van der Waals surface area (Å²) in [5.74, 6) is -0.335. The molecule has 2 unspecified atom stereocenters. The zero-order chi connectivity index (χ0) is 13.0. The Morgan fingerprint density at radius 2 is 1.88 bits per heavy atom. The number of ether oxygens (including phenoxy) is 1. The number of rotatable bonds is 6.